The van der Waals surface area contributed by atoms with Gasteiger partial charge in [0.1, 0.15) is 5.78 Å². The number of rotatable bonds is 2. The van der Waals surface area contributed by atoms with Crippen LogP contribution in [0.2, 0.25) is 0 Å². The van der Waals surface area contributed by atoms with Crippen molar-refractivity contribution in [2.45, 2.75) is 51.9 Å². The quantitative estimate of drug-likeness (QED) is 0.770. The molecule has 1 aromatic rings. The van der Waals surface area contributed by atoms with Gasteiger partial charge in [-0.25, -0.2) is 4.98 Å². The van der Waals surface area contributed by atoms with Gasteiger partial charge in [0.15, 0.2) is 0 Å². The summed E-state index contributed by atoms with van der Waals surface area (Å²) in [5.41, 5.74) is 1.19. The third kappa shape index (κ3) is 2.28. The predicted octanol–water partition coefficient (Wildman–Crippen LogP) is 3.24. The second-order valence-corrected chi connectivity index (χ2v) is 5.34. The smallest absolute Gasteiger partial charge is 0.132 e. The van der Waals surface area contributed by atoms with Crippen molar-refractivity contribution < 1.29 is 4.79 Å². The summed E-state index contributed by atoms with van der Waals surface area (Å²) in [7, 11) is 0. The van der Waals surface area contributed by atoms with Crippen molar-refractivity contribution in [2.75, 3.05) is 0 Å². The number of carbonyl (C=O) groups is 1. The number of ketones is 1. The van der Waals surface area contributed by atoms with E-state index in [1.165, 1.54) is 15.6 Å². The van der Waals surface area contributed by atoms with E-state index in [1.54, 1.807) is 0 Å². The maximum atomic E-state index is 11.2. The molecule has 0 saturated heterocycles. The van der Waals surface area contributed by atoms with Crippen molar-refractivity contribution >= 4 is 17.1 Å². The highest BCUT2D eigenvalue weighted by Crippen LogP contribution is 2.36. The van der Waals surface area contributed by atoms with Crippen molar-refractivity contribution in [2.24, 2.45) is 0 Å². The number of hydrogen-bond acceptors (Lipinski definition) is 3. The van der Waals surface area contributed by atoms with E-state index in [0.29, 0.717) is 11.7 Å². The molecule has 0 aliphatic heterocycles. The van der Waals surface area contributed by atoms with Crippen LogP contribution < -0.4 is 0 Å². The molecule has 0 spiro atoms. The molecule has 1 heterocycles. The summed E-state index contributed by atoms with van der Waals surface area (Å²) in [5.74, 6) is 1.03. The zero-order chi connectivity index (χ0) is 10.8. The monoisotopic (exact) mass is 223 g/mol. The largest absolute Gasteiger partial charge is 0.300 e. The topological polar surface area (TPSA) is 30.0 Å². The second-order valence-electron chi connectivity index (χ2n) is 4.22. The van der Waals surface area contributed by atoms with Crippen LogP contribution in [-0.4, -0.2) is 10.8 Å². The Kier molecular flexibility index (Phi) is 3.19. The maximum Gasteiger partial charge on any atom is 0.132 e. The fraction of sp³-hybridized carbons (Fsp3) is 0.667. The molecule has 0 bridgehead atoms. The van der Waals surface area contributed by atoms with E-state index in [-0.39, 0.29) is 0 Å². The number of carbonyl (C=O) groups excluding carboxylic acids is 1. The standard InChI is InChI=1S/C12H17NOS/c1-3-11-13-8(2)12(15-11)9-4-6-10(14)7-5-9/h9H,3-7H2,1-2H3. The summed E-state index contributed by atoms with van der Waals surface area (Å²) in [6.45, 7) is 4.24. The van der Waals surface area contributed by atoms with E-state index < -0.39 is 0 Å². The lowest BCUT2D eigenvalue weighted by molar-refractivity contribution is -0.120. The molecule has 15 heavy (non-hydrogen) atoms. The molecule has 0 unspecified atom stereocenters. The van der Waals surface area contributed by atoms with E-state index in [2.05, 4.69) is 18.8 Å². The summed E-state index contributed by atoms with van der Waals surface area (Å²) < 4.78 is 0. The minimum absolute atomic E-state index is 0.434. The van der Waals surface area contributed by atoms with E-state index in [9.17, 15) is 4.79 Å². The van der Waals surface area contributed by atoms with Crippen LogP contribution in [0.1, 0.15) is 54.1 Å². The molecule has 1 saturated carbocycles. The minimum Gasteiger partial charge on any atom is -0.300 e. The first-order valence-corrected chi connectivity index (χ1v) is 6.50. The van der Waals surface area contributed by atoms with Gasteiger partial charge in [-0.3, -0.25) is 4.79 Å². The fourth-order valence-electron chi connectivity index (χ4n) is 2.20. The van der Waals surface area contributed by atoms with Crippen molar-refractivity contribution in [3.8, 4) is 0 Å². The van der Waals surface area contributed by atoms with E-state index >= 15 is 0 Å². The SMILES string of the molecule is CCc1nc(C)c(C2CCC(=O)CC2)s1. The molecule has 0 atom stereocenters. The molecule has 2 nitrogen and oxygen atoms in total. The Labute approximate surface area is 94.7 Å². The van der Waals surface area contributed by atoms with Crippen molar-refractivity contribution in [1.82, 2.24) is 4.98 Å². The van der Waals surface area contributed by atoms with Gasteiger partial charge < -0.3 is 0 Å². The fourth-order valence-corrected chi connectivity index (χ4v) is 3.37. The van der Waals surface area contributed by atoms with Crippen LogP contribution in [0, 0.1) is 6.92 Å². The van der Waals surface area contributed by atoms with Crippen LogP contribution in [0.4, 0.5) is 0 Å². The summed E-state index contributed by atoms with van der Waals surface area (Å²) >= 11 is 1.84. The Morgan fingerprint density at radius 1 is 1.40 bits per heavy atom. The third-order valence-corrected chi connectivity index (χ3v) is 4.56. The lowest BCUT2D eigenvalue weighted by atomic mass is 9.87. The average Bonchev–Trinajstić information content (AvgIpc) is 2.61. The molecule has 0 N–H and O–H groups in total. The highest BCUT2D eigenvalue weighted by molar-refractivity contribution is 7.11. The number of aryl methyl sites for hydroxylation is 2. The molecule has 3 heteroatoms. The average molecular weight is 223 g/mol. The molecule has 0 aromatic carbocycles. The molecule has 82 valence electrons. The van der Waals surface area contributed by atoms with Gasteiger partial charge in [-0.1, -0.05) is 6.92 Å². The third-order valence-electron chi connectivity index (χ3n) is 3.09. The van der Waals surface area contributed by atoms with E-state index in [0.717, 1.165) is 32.1 Å². The van der Waals surface area contributed by atoms with Crippen LogP contribution in [-0.2, 0) is 11.2 Å². The Bertz CT molecular complexity index is 360. The Morgan fingerprint density at radius 3 is 2.60 bits per heavy atom. The molecule has 1 aliphatic rings. The molecule has 0 amide bonds. The highest BCUT2D eigenvalue weighted by Gasteiger charge is 2.23. The van der Waals surface area contributed by atoms with Gasteiger partial charge in [0.25, 0.3) is 0 Å². The summed E-state index contributed by atoms with van der Waals surface area (Å²) in [5, 5.41) is 1.24. The zero-order valence-corrected chi connectivity index (χ0v) is 10.2. The van der Waals surface area contributed by atoms with Crippen LogP contribution >= 0.6 is 11.3 Å². The Balaban J connectivity index is 2.14. The molecule has 0 radical (unpaired) electrons. The normalized spacial score (nSPS) is 18.4. The minimum atomic E-state index is 0.434. The Morgan fingerprint density at radius 2 is 2.07 bits per heavy atom. The van der Waals surface area contributed by atoms with Crippen molar-refractivity contribution in [1.29, 1.82) is 0 Å². The van der Waals surface area contributed by atoms with Gasteiger partial charge in [0.05, 0.1) is 10.7 Å². The van der Waals surface area contributed by atoms with E-state index in [1.807, 2.05) is 11.3 Å². The van der Waals surface area contributed by atoms with Gasteiger partial charge in [-0.05, 0) is 32.1 Å². The molecule has 1 aromatic heterocycles. The summed E-state index contributed by atoms with van der Waals surface area (Å²) in [4.78, 5) is 17.2. The highest BCUT2D eigenvalue weighted by atomic mass is 32.1. The Hall–Kier alpha value is -0.700. The zero-order valence-electron chi connectivity index (χ0n) is 9.38. The number of hydrogen-bond donors (Lipinski definition) is 0. The number of thiazole rings is 1. The maximum absolute atomic E-state index is 11.2. The van der Waals surface area contributed by atoms with Crippen LogP contribution in [0.15, 0.2) is 0 Å². The molecule has 1 aliphatic carbocycles. The van der Waals surface area contributed by atoms with Crippen LogP contribution in [0.25, 0.3) is 0 Å². The summed E-state index contributed by atoms with van der Waals surface area (Å²) in [6.07, 6.45) is 4.63. The van der Waals surface area contributed by atoms with Crippen LogP contribution in [0.5, 0.6) is 0 Å². The van der Waals surface area contributed by atoms with Gasteiger partial charge in [-0.2, -0.15) is 0 Å². The number of aromatic nitrogens is 1. The first kappa shape index (κ1) is 10.8. The number of Topliss-reactive ketones (excluding diaryl/α,β-unsaturated/α-hetero) is 1. The second kappa shape index (κ2) is 4.44. The molecular formula is C12H17NOS. The summed E-state index contributed by atoms with van der Waals surface area (Å²) in [6, 6.07) is 0. The van der Waals surface area contributed by atoms with Crippen molar-refractivity contribution in [3.63, 3.8) is 0 Å². The van der Waals surface area contributed by atoms with Gasteiger partial charge in [-0.15, -0.1) is 11.3 Å². The van der Waals surface area contributed by atoms with Gasteiger partial charge >= 0.3 is 0 Å². The van der Waals surface area contributed by atoms with Crippen molar-refractivity contribution in [3.05, 3.63) is 15.6 Å². The van der Waals surface area contributed by atoms with Gasteiger partial charge in [0.2, 0.25) is 0 Å². The van der Waals surface area contributed by atoms with Gasteiger partial charge in [0, 0.05) is 17.7 Å². The molecule has 1 fully saturated rings. The molecular weight excluding hydrogens is 206 g/mol. The van der Waals surface area contributed by atoms with E-state index in [4.69, 9.17) is 0 Å². The number of nitrogens with zero attached hydrogens (tertiary/aromatic N) is 1. The first-order chi connectivity index (χ1) is 7.20. The lowest BCUT2D eigenvalue weighted by Crippen LogP contribution is -2.12. The molecule has 2 rings (SSSR count). The van der Waals surface area contributed by atoms with Crippen LogP contribution in [0.3, 0.4) is 0 Å². The lowest BCUT2D eigenvalue weighted by Gasteiger charge is -2.19. The first-order valence-electron chi connectivity index (χ1n) is 5.68. The predicted molar refractivity (Wildman–Crippen MR) is 62.4 cm³/mol.